The molecule has 1 amide bonds. The third-order valence-electron chi connectivity index (χ3n) is 3.09. The smallest absolute Gasteiger partial charge is 0.410 e. The average molecular weight is 315 g/mol. The molecule has 1 unspecified atom stereocenters. The molecule has 1 saturated heterocycles. The van der Waals surface area contributed by atoms with Crippen LogP contribution in [0.4, 0.5) is 9.18 Å². The third kappa shape index (κ3) is 4.82. The van der Waals surface area contributed by atoms with Gasteiger partial charge in [0, 0.05) is 0 Å². The molecule has 1 heterocycles. The van der Waals surface area contributed by atoms with Crippen molar-refractivity contribution in [3.8, 4) is 0 Å². The fourth-order valence-corrected chi connectivity index (χ4v) is 2.11. The number of likely N-dealkylation sites (tertiary alicyclic amines) is 1. The number of carbonyl (C=O) groups is 3. The van der Waals surface area contributed by atoms with Crippen molar-refractivity contribution in [3.05, 3.63) is 12.7 Å². The fourth-order valence-electron chi connectivity index (χ4n) is 2.11. The molecule has 0 bridgehead atoms. The van der Waals surface area contributed by atoms with Crippen molar-refractivity contribution in [2.24, 2.45) is 5.92 Å². The van der Waals surface area contributed by atoms with E-state index in [9.17, 15) is 18.8 Å². The van der Waals surface area contributed by atoms with Crippen LogP contribution in [0.15, 0.2) is 12.7 Å². The van der Waals surface area contributed by atoms with Crippen LogP contribution in [0.3, 0.4) is 0 Å². The molecular weight excluding hydrogens is 293 g/mol. The normalized spacial score (nSPS) is 22.2. The number of ketones is 1. The van der Waals surface area contributed by atoms with Crippen LogP contribution in [0.1, 0.15) is 27.2 Å². The number of rotatable bonds is 4. The average Bonchev–Trinajstić information content (AvgIpc) is 2.42. The predicted molar refractivity (Wildman–Crippen MR) is 77.0 cm³/mol. The Labute approximate surface area is 129 Å². The highest BCUT2D eigenvalue weighted by atomic mass is 19.1. The minimum atomic E-state index is -1.05. The summed E-state index contributed by atoms with van der Waals surface area (Å²) in [6, 6.07) is -0.882. The summed E-state index contributed by atoms with van der Waals surface area (Å²) in [5.41, 5.74) is -0.734. The van der Waals surface area contributed by atoms with E-state index in [4.69, 9.17) is 9.47 Å². The predicted octanol–water partition coefficient (Wildman–Crippen LogP) is 1.88. The molecule has 1 rings (SSSR count). The van der Waals surface area contributed by atoms with E-state index in [0.29, 0.717) is 0 Å². The van der Waals surface area contributed by atoms with Gasteiger partial charge in [0.05, 0.1) is 12.6 Å². The highest BCUT2D eigenvalue weighted by Gasteiger charge is 2.42. The van der Waals surface area contributed by atoms with Crippen LogP contribution in [-0.4, -0.2) is 54.2 Å². The Morgan fingerprint density at radius 3 is 2.59 bits per heavy atom. The monoisotopic (exact) mass is 315 g/mol. The summed E-state index contributed by atoms with van der Waals surface area (Å²) in [6.07, 6.45) is 0.476. The third-order valence-corrected chi connectivity index (χ3v) is 3.09. The maximum atomic E-state index is 13.2. The highest BCUT2D eigenvalue weighted by molar-refractivity contribution is 6.01. The van der Waals surface area contributed by atoms with Gasteiger partial charge in [0.15, 0.2) is 5.78 Å². The fraction of sp³-hybridized carbons (Fsp3) is 0.667. The van der Waals surface area contributed by atoms with E-state index in [1.54, 1.807) is 20.8 Å². The van der Waals surface area contributed by atoms with E-state index in [1.807, 2.05) is 0 Å². The number of halogens is 1. The van der Waals surface area contributed by atoms with Crippen molar-refractivity contribution < 1.29 is 28.2 Å². The Hall–Kier alpha value is -1.92. The van der Waals surface area contributed by atoms with Gasteiger partial charge in [0.1, 0.15) is 24.8 Å². The van der Waals surface area contributed by atoms with Gasteiger partial charge >= 0.3 is 12.1 Å². The Balaban J connectivity index is 2.78. The molecule has 0 N–H and O–H groups in total. The SMILES string of the molecule is C=CCOC(=O)N1CC(=O)C(C(=O)OC(C)(C)C)C[C@H]1CF. The second-order valence-electron chi connectivity index (χ2n) is 6.09. The van der Waals surface area contributed by atoms with E-state index < -0.39 is 42.1 Å². The number of esters is 1. The molecule has 1 aliphatic rings. The van der Waals surface area contributed by atoms with E-state index in [-0.39, 0.29) is 19.6 Å². The lowest BCUT2D eigenvalue weighted by atomic mass is 9.90. The van der Waals surface area contributed by atoms with Gasteiger partial charge in [-0.15, -0.1) is 0 Å². The molecule has 1 aliphatic heterocycles. The Bertz CT molecular complexity index is 457. The first kappa shape index (κ1) is 18.1. The zero-order valence-corrected chi connectivity index (χ0v) is 13.1. The molecule has 0 aromatic carbocycles. The number of alkyl halides is 1. The van der Waals surface area contributed by atoms with Gasteiger partial charge in [-0.1, -0.05) is 12.7 Å². The van der Waals surface area contributed by atoms with Gasteiger partial charge < -0.3 is 9.47 Å². The molecule has 6 nitrogen and oxygen atoms in total. The van der Waals surface area contributed by atoms with Crippen molar-refractivity contribution in [3.63, 3.8) is 0 Å². The summed E-state index contributed by atoms with van der Waals surface area (Å²) in [5, 5.41) is 0. The minimum Gasteiger partial charge on any atom is -0.459 e. The number of Topliss-reactive ketones (excluding diaryl/α,β-unsaturated/α-hetero) is 1. The lowest BCUT2D eigenvalue weighted by Crippen LogP contribution is -2.54. The summed E-state index contributed by atoms with van der Waals surface area (Å²) in [5.74, 6) is -2.21. The molecule has 0 spiro atoms. The molecule has 2 atom stereocenters. The topological polar surface area (TPSA) is 72.9 Å². The van der Waals surface area contributed by atoms with Gasteiger partial charge in [-0.05, 0) is 27.2 Å². The molecule has 0 aromatic rings. The lowest BCUT2D eigenvalue weighted by molar-refractivity contribution is -0.164. The van der Waals surface area contributed by atoms with Gasteiger partial charge in [0.25, 0.3) is 0 Å². The summed E-state index contributed by atoms with van der Waals surface area (Å²) in [4.78, 5) is 36.9. The van der Waals surface area contributed by atoms with E-state index in [0.717, 1.165) is 4.90 Å². The van der Waals surface area contributed by atoms with E-state index in [1.165, 1.54) is 6.08 Å². The maximum Gasteiger partial charge on any atom is 0.410 e. The van der Waals surface area contributed by atoms with Crippen LogP contribution in [0.25, 0.3) is 0 Å². The molecule has 0 radical (unpaired) electrons. The molecule has 0 saturated carbocycles. The Kier molecular flexibility index (Phi) is 6.08. The first-order chi connectivity index (χ1) is 10.2. The second kappa shape index (κ2) is 7.38. The summed E-state index contributed by atoms with van der Waals surface area (Å²) < 4.78 is 23.2. The molecule has 7 heteroatoms. The van der Waals surface area contributed by atoms with Crippen LogP contribution in [0.5, 0.6) is 0 Å². The quantitative estimate of drug-likeness (QED) is 0.450. The number of nitrogens with zero attached hydrogens (tertiary/aromatic N) is 1. The number of amides is 1. The van der Waals surface area contributed by atoms with Gasteiger partial charge in [-0.2, -0.15) is 0 Å². The summed E-state index contributed by atoms with van der Waals surface area (Å²) in [7, 11) is 0. The van der Waals surface area contributed by atoms with Crippen molar-refractivity contribution in [1.82, 2.24) is 4.90 Å². The van der Waals surface area contributed by atoms with Gasteiger partial charge in [-0.3, -0.25) is 14.5 Å². The van der Waals surface area contributed by atoms with Crippen LogP contribution in [0.2, 0.25) is 0 Å². The number of ether oxygens (including phenoxy) is 2. The Morgan fingerprint density at radius 2 is 2.09 bits per heavy atom. The van der Waals surface area contributed by atoms with Crippen LogP contribution < -0.4 is 0 Å². The highest BCUT2D eigenvalue weighted by Crippen LogP contribution is 2.24. The van der Waals surface area contributed by atoms with Crippen molar-refractivity contribution >= 4 is 17.8 Å². The van der Waals surface area contributed by atoms with E-state index in [2.05, 4.69) is 6.58 Å². The first-order valence-electron chi connectivity index (χ1n) is 7.05. The van der Waals surface area contributed by atoms with Crippen LogP contribution >= 0.6 is 0 Å². The molecule has 124 valence electrons. The standard InChI is InChI=1S/C15H22FNO5/c1-5-6-21-14(20)17-9-12(18)11(7-10(17)8-16)13(19)22-15(2,3)4/h5,10-11H,1,6-9H2,2-4H3/t10-,11?/m0/s1. The molecule has 0 aliphatic carbocycles. The van der Waals surface area contributed by atoms with Crippen molar-refractivity contribution in [2.45, 2.75) is 38.8 Å². The van der Waals surface area contributed by atoms with Crippen LogP contribution in [0, 0.1) is 5.92 Å². The number of hydrogen-bond acceptors (Lipinski definition) is 5. The lowest BCUT2D eigenvalue weighted by Gasteiger charge is -2.36. The number of carbonyl (C=O) groups excluding carboxylic acids is 3. The first-order valence-corrected chi connectivity index (χ1v) is 7.05. The largest absolute Gasteiger partial charge is 0.459 e. The van der Waals surface area contributed by atoms with Crippen molar-refractivity contribution in [2.75, 3.05) is 19.8 Å². The van der Waals surface area contributed by atoms with Gasteiger partial charge in [-0.25, -0.2) is 9.18 Å². The molecular formula is C15H22FNO5. The van der Waals surface area contributed by atoms with E-state index >= 15 is 0 Å². The second-order valence-corrected chi connectivity index (χ2v) is 6.09. The molecule has 22 heavy (non-hydrogen) atoms. The molecule has 1 fully saturated rings. The molecule has 0 aromatic heterocycles. The Morgan fingerprint density at radius 1 is 1.45 bits per heavy atom. The maximum absolute atomic E-state index is 13.2. The minimum absolute atomic E-state index is 0.0297. The van der Waals surface area contributed by atoms with Crippen LogP contribution in [-0.2, 0) is 19.1 Å². The number of piperidine rings is 1. The van der Waals surface area contributed by atoms with Crippen molar-refractivity contribution in [1.29, 1.82) is 0 Å². The zero-order chi connectivity index (χ0) is 16.9. The summed E-state index contributed by atoms with van der Waals surface area (Å²) in [6.45, 7) is 7.19. The summed E-state index contributed by atoms with van der Waals surface area (Å²) >= 11 is 0. The van der Waals surface area contributed by atoms with Gasteiger partial charge in [0.2, 0.25) is 0 Å². The number of hydrogen-bond donors (Lipinski definition) is 0. The zero-order valence-electron chi connectivity index (χ0n) is 13.1.